The van der Waals surface area contributed by atoms with Gasteiger partial charge in [0, 0.05) is 0 Å². The van der Waals surface area contributed by atoms with Gasteiger partial charge in [0.05, 0.1) is 0 Å². The molecule has 0 aliphatic heterocycles. The second-order valence-electron chi connectivity index (χ2n) is 4.35. The van der Waals surface area contributed by atoms with Gasteiger partial charge in [-0.25, -0.2) is 9.59 Å². The lowest BCUT2D eigenvalue weighted by atomic mass is 10.2. The molecule has 9 heteroatoms. The number of hydrogen-bond donors (Lipinski definition) is 3. The van der Waals surface area contributed by atoms with E-state index in [-0.39, 0.29) is 19.3 Å². The van der Waals surface area contributed by atoms with Gasteiger partial charge in [0.1, 0.15) is 11.6 Å². The van der Waals surface area contributed by atoms with Crippen LogP contribution in [0, 0.1) is 0 Å². The van der Waals surface area contributed by atoms with Crippen LogP contribution in [0.1, 0.15) is 19.3 Å². The normalized spacial score (nSPS) is 18.5. The van der Waals surface area contributed by atoms with Crippen LogP contribution in [0.5, 0.6) is 0 Å². The van der Waals surface area contributed by atoms with Crippen molar-refractivity contribution in [1.82, 2.24) is 10.6 Å². The molecule has 1 aliphatic carbocycles. The van der Waals surface area contributed by atoms with Gasteiger partial charge in [-0.3, -0.25) is 0 Å². The van der Waals surface area contributed by atoms with Gasteiger partial charge in [0.2, 0.25) is 0 Å². The second-order valence-corrected chi connectivity index (χ2v) is 5.34. The molecule has 19 heavy (non-hydrogen) atoms. The first-order valence-corrected chi connectivity index (χ1v) is 6.98. The quantitative estimate of drug-likeness (QED) is 0.696. The van der Waals surface area contributed by atoms with E-state index in [1.165, 1.54) is 11.8 Å². The number of alkyl halides is 3. The van der Waals surface area contributed by atoms with E-state index in [1.54, 1.807) is 6.26 Å². The molecule has 1 atom stereocenters. The summed E-state index contributed by atoms with van der Waals surface area (Å²) in [5, 5.41) is 12.7. The zero-order valence-corrected chi connectivity index (χ0v) is 11.0. The molecule has 1 aliphatic rings. The summed E-state index contributed by atoms with van der Waals surface area (Å²) >= 11 is 1.39. The Labute approximate surface area is 112 Å². The van der Waals surface area contributed by atoms with E-state index in [0.29, 0.717) is 5.75 Å². The summed E-state index contributed by atoms with van der Waals surface area (Å²) in [6.45, 7) is 0. The molecule has 0 aromatic rings. The van der Waals surface area contributed by atoms with Gasteiger partial charge >= 0.3 is 18.2 Å². The molecule has 2 amide bonds. The Hall–Kier alpha value is -1.12. The number of nitrogens with one attached hydrogen (secondary N) is 2. The summed E-state index contributed by atoms with van der Waals surface area (Å²) in [4.78, 5) is 22.3. The maximum atomic E-state index is 12.6. The molecule has 0 saturated heterocycles. The molecule has 0 radical (unpaired) electrons. The first-order chi connectivity index (χ1) is 8.72. The fourth-order valence-electron chi connectivity index (χ4n) is 1.51. The van der Waals surface area contributed by atoms with Crippen LogP contribution in [0.3, 0.4) is 0 Å². The van der Waals surface area contributed by atoms with Gasteiger partial charge in [-0.1, -0.05) is 0 Å². The monoisotopic (exact) mass is 300 g/mol. The van der Waals surface area contributed by atoms with Crippen LogP contribution in [-0.4, -0.2) is 46.9 Å². The fourth-order valence-corrected chi connectivity index (χ4v) is 1.98. The Bertz CT molecular complexity index is 358. The van der Waals surface area contributed by atoms with E-state index in [9.17, 15) is 22.8 Å². The average Bonchev–Trinajstić information content (AvgIpc) is 3.03. The minimum Gasteiger partial charge on any atom is -0.480 e. The molecular weight excluding hydrogens is 285 g/mol. The number of thioether (sulfide) groups is 1. The van der Waals surface area contributed by atoms with Crippen molar-refractivity contribution in [3.63, 3.8) is 0 Å². The summed E-state index contributed by atoms with van der Waals surface area (Å²) in [7, 11) is 0. The molecule has 1 rings (SSSR count). The summed E-state index contributed by atoms with van der Waals surface area (Å²) in [6, 6.07) is -2.28. The number of rotatable bonds is 6. The number of carbonyl (C=O) groups excluding carboxylic acids is 1. The molecule has 0 unspecified atom stereocenters. The van der Waals surface area contributed by atoms with Crippen molar-refractivity contribution in [3.8, 4) is 0 Å². The predicted octanol–water partition coefficient (Wildman–Crippen LogP) is 1.59. The largest absolute Gasteiger partial charge is 0.480 e. The summed E-state index contributed by atoms with van der Waals surface area (Å²) in [5.74, 6) is -0.775. The lowest BCUT2D eigenvalue weighted by Crippen LogP contribution is -2.54. The highest BCUT2D eigenvalue weighted by Crippen LogP contribution is 2.48. The number of hydrogen-bond acceptors (Lipinski definition) is 3. The SMILES string of the molecule is CSCC[C@H](NC(=O)NC1(C(F)(F)F)CC1)C(=O)O. The Kier molecular flexibility index (Phi) is 4.94. The third-order valence-electron chi connectivity index (χ3n) is 2.86. The smallest absolute Gasteiger partial charge is 0.411 e. The standard InChI is InChI=1S/C10H15F3N2O3S/c1-19-5-2-6(7(16)17)14-8(18)15-9(3-4-9)10(11,12)13/h6H,2-5H2,1H3,(H,16,17)(H2,14,15,18)/t6-/m0/s1. The highest BCUT2D eigenvalue weighted by atomic mass is 32.2. The lowest BCUT2D eigenvalue weighted by Gasteiger charge is -2.22. The van der Waals surface area contributed by atoms with Gasteiger partial charge in [0.25, 0.3) is 0 Å². The van der Waals surface area contributed by atoms with E-state index in [1.807, 2.05) is 5.32 Å². The molecular formula is C10H15F3N2O3S. The number of carboxylic acid groups (broad SMARTS) is 1. The van der Waals surface area contributed by atoms with Crippen molar-refractivity contribution >= 4 is 23.8 Å². The van der Waals surface area contributed by atoms with Crippen molar-refractivity contribution in [1.29, 1.82) is 0 Å². The number of amides is 2. The minimum absolute atomic E-state index is 0.156. The predicted molar refractivity (Wildman–Crippen MR) is 64.1 cm³/mol. The Balaban J connectivity index is 2.52. The summed E-state index contributed by atoms with van der Waals surface area (Å²) in [5.41, 5.74) is -2.18. The first-order valence-electron chi connectivity index (χ1n) is 5.59. The van der Waals surface area contributed by atoms with Gasteiger partial charge in [0.15, 0.2) is 0 Å². The van der Waals surface area contributed by atoms with Crippen molar-refractivity contribution in [2.24, 2.45) is 0 Å². The summed E-state index contributed by atoms with van der Waals surface area (Å²) < 4.78 is 37.8. The fraction of sp³-hybridized carbons (Fsp3) is 0.800. The maximum Gasteiger partial charge on any atom is 0.411 e. The average molecular weight is 300 g/mol. The third-order valence-corrected chi connectivity index (χ3v) is 3.50. The summed E-state index contributed by atoms with van der Waals surface area (Å²) in [6.07, 6.45) is -2.94. The third kappa shape index (κ3) is 4.19. The second kappa shape index (κ2) is 5.89. The topological polar surface area (TPSA) is 78.4 Å². The van der Waals surface area contributed by atoms with Crippen molar-refractivity contribution in [3.05, 3.63) is 0 Å². The van der Waals surface area contributed by atoms with E-state index in [2.05, 4.69) is 5.32 Å². The van der Waals surface area contributed by atoms with E-state index >= 15 is 0 Å². The molecule has 0 aromatic carbocycles. The zero-order valence-electron chi connectivity index (χ0n) is 10.2. The van der Waals surface area contributed by atoms with E-state index < -0.39 is 29.8 Å². The van der Waals surface area contributed by atoms with E-state index in [0.717, 1.165) is 0 Å². The van der Waals surface area contributed by atoms with E-state index in [4.69, 9.17) is 5.11 Å². The van der Waals surface area contributed by atoms with Crippen LogP contribution in [0.25, 0.3) is 0 Å². The van der Waals surface area contributed by atoms with Gasteiger partial charge in [-0.15, -0.1) is 0 Å². The molecule has 110 valence electrons. The zero-order chi connectivity index (χ0) is 14.7. The van der Waals surface area contributed by atoms with Crippen LogP contribution < -0.4 is 10.6 Å². The van der Waals surface area contributed by atoms with Crippen LogP contribution in [0.4, 0.5) is 18.0 Å². The molecule has 0 aromatic heterocycles. The number of halogens is 3. The Morgan fingerprint density at radius 3 is 2.37 bits per heavy atom. The van der Waals surface area contributed by atoms with Crippen LogP contribution in [0.2, 0.25) is 0 Å². The van der Waals surface area contributed by atoms with Gasteiger partial charge in [-0.2, -0.15) is 24.9 Å². The van der Waals surface area contributed by atoms with Crippen LogP contribution >= 0.6 is 11.8 Å². The number of aliphatic carboxylic acids is 1. The molecule has 5 nitrogen and oxygen atoms in total. The molecule has 1 fully saturated rings. The van der Waals surface area contributed by atoms with Crippen LogP contribution in [0.15, 0.2) is 0 Å². The highest BCUT2D eigenvalue weighted by Gasteiger charge is 2.64. The maximum absolute atomic E-state index is 12.6. The Morgan fingerprint density at radius 1 is 1.42 bits per heavy atom. The first kappa shape index (κ1) is 15.9. The minimum atomic E-state index is -4.51. The molecule has 0 spiro atoms. The lowest BCUT2D eigenvalue weighted by molar-refractivity contribution is -0.162. The Morgan fingerprint density at radius 2 is 2.00 bits per heavy atom. The van der Waals surface area contributed by atoms with Crippen molar-refractivity contribution in [2.45, 2.75) is 37.0 Å². The molecule has 0 bridgehead atoms. The molecule has 3 N–H and O–H groups in total. The number of carboxylic acids is 1. The molecule has 0 heterocycles. The number of urea groups is 1. The number of carbonyl (C=O) groups is 2. The van der Waals surface area contributed by atoms with Gasteiger partial charge < -0.3 is 15.7 Å². The molecule has 1 saturated carbocycles. The van der Waals surface area contributed by atoms with Gasteiger partial charge in [-0.05, 0) is 31.3 Å². The van der Waals surface area contributed by atoms with Crippen molar-refractivity contribution in [2.75, 3.05) is 12.0 Å². The van der Waals surface area contributed by atoms with Crippen LogP contribution in [-0.2, 0) is 4.79 Å². The highest BCUT2D eigenvalue weighted by molar-refractivity contribution is 7.98. The van der Waals surface area contributed by atoms with Crippen molar-refractivity contribution < 1.29 is 27.9 Å².